The van der Waals surface area contributed by atoms with Crippen LogP contribution in [-0.2, 0) is 4.79 Å². The first-order valence-corrected chi connectivity index (χ1v) is 13.2. The van der Waals surface area contributed by atoms with Gasteiger partial charge < -0.3 is 19.8 Å². The van der Waals surface area contributed by atoms with Gasteiger partial charge in [0.25, 0.3) is 0 Å². The summed E-state index contributed by atoms with van der Waals surface area (Å²) >= 11 is 5.94. The van der Waals surface area contributed by atoms with Gasteiger partial charge in [0.2, 0.25) is 5.91 Å². The number of anilines is 3. The van der Waals surface area contributed by atoms with Crippen LogP contribution >= 0.6 is 11.6 Å². The number of piperidine rings is 1. The Balaban J connectivity index is 1.30. The molecule has 2 N–H and O–H groups in total. The number of carbonyl (C=O) groups is 2. The van der Waals surface area contributed by atoms with Crippen molar-refractivity contribution in [3.05, 3.63) is 95.3 Å². The van der Waals surface area contributed by atoms with E-state index < -0.39 is 11.8 Å². The predicted molar refractivity (Wildman–Crippen MR) is 153 cm³/mol. The summed E-state index contributed by atoms with van der Waals surface area (Å²) in [6.45, 7) is 0.680. The molecule has 6 rings (SSSR count). The Morgan fingerprint density at radius 2 is 1.77 bits per heavy atom. The van der Waals surface area contributed by atoms with Crippen LogP contribution in [0.1, 0.15) is 29.6 Å². The Kier molecular flexibility index (Phi) is 6.69. The fraction of sp³-hybridized carbons (Fsp3) is 0.129. The fourth-order valence-corrected chi connectivity index (χ4v) is 5.18. The van der Waals surface area contributed by atoms with Crippen molar-refractivity contribution >= 4 is 51.6 Å². The Morgan fingerprint density at radius 3 is 2.55 bits per heavy atom. The molecule has 9 heteroatoms. The maximum Gasteiger partial charge on any atom is 0.336 e. The van der Waals surface area contributed by atoms with Crippen molar-refractivity contribution in [3.63, 3.8) is 0 Å². The lowest BCUT2D eigenvalue weighted by Gasteiger charge is -2.27. The number of aromatic nitrogens is 1. The van der Waals surface area contributed by atoms with Gasteiger partial charge in [0, 0.05) is 29.9 Å². The summed E-state index contributed by atoms with van der Waals surface area (Å²) in [4.78, 5) is 26.1. The Bertz CT molecular complexity index is 1770. The summed E-state index contributed by atoms with van der Waals surface area (Å²) in [5, 5.41) is 17.9. The van der Waals surface area contributed by atoms with Crippen molar-refractivity contribution in [1.82, 2.24) is 5.16 Å². The number of halogens is 2. The van der Waals surface area contributed by atoms with E-state index >= 15 is 0 Å². The van der Waals surface area contributed by atoms with E-state index in [4.69, 9.17) is 16.1 Å². The van der Waals surface area contributed by atoms with E-state index in [0.29, 0.717) is 57.7 Å². The van der Waals surface area contributed by atoms with Gasteiger partial charge in [0.1, 0.15) is 5.82 Å². The zero-order chi connectivity index (χ0) is 27.8. The highest BCUT2D eigenvalue weighted by molar-refractivity contribution is 6.31. The van der Waals surface area contributed by atoms with Crippen molar-refractivity contribution in [2.45, 2.75) is 19.3 Å². The largest absolute Gasteiger partial charge is 0.478 e. The van der Waals surface area contributed by atoms with Gasteiger partial charge in [-0.25, -0.2) is 9.18 Å². The summed E-state index contributed by atoms with van der Waals surface area (Å²) in [5.41, 5.74) is 4.16. The number of fused-ring (bicyclic) bond motifs is 1. The standard InChI is InChI=1S/C31H23ClFN3O4/c32-26-5-3-4-22(29(26)33)19-9-13-24-27(16-19)40-35-30(24)34-20-10-14-23(31(38)39)25(17-20)18-7-11-21(12-8-18)36-15-2-1-6-28(36)37/h3-5,7-14,16-17H,1-2,6,15H2,(H,34,35)(H,38,39). The molecule has 0 saturated carbocycles. The molecular weight excluding hydrogens is 533 g/mol. The molecule has 0 atom stereocenters. The van der Waals surface area contributed by atoms with Gasteiger partial charge in [-0.05, 0) is 78.1 Å². The van der Waals surface area contributed by atoms with Crippen LogP contribution in [0, 0.1) is 5.82 Å². The number of benzene rings is 4. The van der Waals surface area contributed by atoms with Gasteiger partial charge in [-0.15, -0.1) is 0 Å². The van der Waals surface area contributed by atoms with E-state index in [1.54, 1.807) is 47.4 Å². The van der Waals surface area contributed by atoms with Crippen molar-refractivity contribution < 1.29 is 23.6 Å². The summed E-state index contributed by atoms with van der Waals surface area (Å²) in [5.74, 6) is -1.03. The van der Waals surface area contributed by atoms with Gasteiger partial charge in [0.15, 0.2) is 11.4 Å². The minimum Gasteiger partial charge on any atom is -0.478 e. The van der Waals surface area contributed by atoms with E-state index in [1.165, 1.54) is 12.1 Å². The summed E-state index contributed by atoms with van der Waals surface area (Å²) in [6, 6.07) is 22.3. The minimum atomic E-state index is -1.05. The quantitative estimate of drug-likeness (QED) is 0.221. The molecule has 1 saturated heterocycles. The lowest BCUT2D eigenvalue weighted by atomic mass is 9.98. The molecule has 4 aromatic carbocycles. The van der Waals surface area contributed by atoms with Crippen molar-refractivity contribution in [2.75, 3.05) is 16.8 Å². The number of carboxylic acids is 1. The van der Waals surface area contributed by atoms with Gasteiger partial charge in [-0.1, -0.05) is 47.1 Å². The number of carboxylic acid groups (broad SMARTS) is 1. The Morgan fingerprint density at radius 1 is 0.975 bits per heavy atom. The van der Waals surface area contributed by atoms with E-state index in [2.05, 4.69) is 10.5 Å². The van der Waals surface area contributed by atoms with Gasteiger partial charge >= 0.3 is 5.97 Å². The molecule has 1 aliphatic heterocycles. The molecule has 0 bridgehead atoms. The van der Waals surface area contributed by atoms with Gasteiger partial charge in [-0.2, -0.15) is 0 Å². The van der Waals surface area contributed by atoms with Crippen LogP contribution in [0.15, 0.2) is 83.4 Å². The Hall–Kier alpha value is -4.69. The second kappa shape index (κ2) is 10.5. The normalized spacial score (nSPS) is 13.6. The molecular formula is C31H23ClFN3O4. The van der Waals surface area contributed by atoms with Crippen molar-refractivity contribution in [1.29, 1.82) is 0 Å². The molecule has 1 aliphatic rings. The zero-order valence-electron chi connectivity index (χ0n) is 21.2. The SMILES string of the molecule is O=C(O)c1ccc(Nc2noc3cc(-c4cccc(Cl)c4F)ccc23)cc1-c1ccc(N2CCCCC2=O)cc1. The van der Waals surface area contributed by atoms with Crippen molar-refractivity contribution in [3.8, 4) is 22.3 Å². The number of hydrogen-bond donors (Lipinski definition) is 2. The maximum atomic E-state index is 14.5. The molecule has 1 aromatic heterocycles. The van der Waals surface area contributed by atoms with Crippen LogP contribution in [0.2, 0.25) is 5.02 Å². The highest BCUT2D eigenvalue weighted by Crippen LogP contribution is 2.35. The first kappa shape index (κ1) is 25.6. The summed E-state index contributed by atoms with van der Waals surface area (Å²) in [6.07, 6.45) is 2.39. The molecule has 200 valence electrons. The molecule has 1 amide bonds. The average molecular weight is 556 g/mol. The molecule has 0 spiro atoms. The first-order chi connectivity index (χ1) is 19.4. The summed E-state index contributed by atoms with van der Waals surface area (Å²) in [7, 11) is 0. The van der Waals surface area contributed by atoms with E-state index in [0.717, 1.165) is 18.5 Å². The molecule has 7 nitrogen and oxygen atoms in total. The van der Waals surface area contributed by atoms with Crippen LogP contribution in [0.3, 0.4) is 0 Å². The maximum absolute atomic E-state index is 14.5. The lowest BCUT2D eigenvalue weighted by Crippen LogP contribution is -2.35. The van der Waals surface area contributed by atoms with E-state index in [9.17, 15) is 19.1 Å². The molecule has 0 aliphatic carbocycles. The third kappa shape index (κ3) is 4.78. The topological polar surface area (TPSA) is 95.7 Å². The summed E-state index contributed by atoms with van der Waals surface area (Å²) < 4.78 is 20.0. The van der Waals surface area contributed by atoms with Crippen LogP contribution in [0.25, 0.3) is 33.2 Å². The van der Waals surface area contributed by atoms with Crippen LogP contribution in [-0.4, -0.2) is 28.7 Å². The second-order valence-electron chi connectivity index (χ2n) is 9.58. The van der Waals surface area contributed by atoms with E-state index in [-0.39, 0.29) is 16.5 Å². The van der Waals surface area contributed by atoms with Gasteiger partial charge in [0.05, 0.1) is 16.0 Å². The van der Waals surface area contributed by atoms with Crippen LogP contribution in [0.4, 0.5) is 21.6 Å². The second-order valence-corrected chi connectivity index (χ2v) is 9.99. The fourth-order valence-electron chi connectivity index (χ4n) is 5.01. The lowest BCUT2D eigenvalue weighted by molar-refractivity contribution is -0.119. The van der Waals surface area contributed by atoms with Gasteiger partial charge in [-0.3, -0.25) is 4.79 Å². The minimum absolute atomic E-state index is 0.0350. The van der Waals surface area contributed by atoms with Crippen LogP contribution in [0.5, 0.6) is 0 Å². The highest BCUT2D eigenvalue weighted by Gasteiger charge is 2.20. The number of amides is 1. The number of aromatic carboxylic acids is 1. The average Bonchev–Trinajstić information content (AvgIpc) is 3.36. The smallest absolute Gasteiger partial charge is 0.336 e. The number of hydrogen-bond acceptors (Lipinski definition) is 5. The Labute approximate surface area is 233 Å². The molecule has 5 aromatic rings. The molecule has 2 heterocycles. The number of carbonyl (C=O) groups excluding carboxylic acids is 1. The molecule has 1 fully saturated rings. The van der Waals surface area contributed by atoms with Crippen LogP contribution < -0.4 is 10.2 Å². The monoisotopic (exact) mass is 555 g/mol. The zero-order valence-corrected chi connectivity index (χ0v) is 21.9. The predicted octanol–water partition coefficient (Wildman–Crippen LogP) is 7.91. The first-order valence-electron chi connectivity index (χ1n) is 12.8. The number of nitrogens with one attached hydrogen (secondary N) is 1. The molecule has 0 radical (unpaired) electrons. The highest BCUT2D eigenvalue weighted by atomic mass is 35.5. The molecule has 40 heavy (non-hydrogen) atoms. The number of rotatable bonds is 6. The van der Waals surface area contributed by atoms with Crippen molar-refractivity contribution in [2.24, 2.45) is 0 Å². The van der Waals surface area contributed by atoms with E-state index in [1.807, 2.05) is 24.3 Å². The third-order valence-corrected chi connectivity index (χ3v) is 7.35. The number of nitrogens with zero attached hydrogens (tertiary/aromatic N) is 2. The third-order valence-electron chi connectivity index (χ3n) is 7.06. The molecule has 0 unspecified atom stereocenters.